The molecule has 0 aliphatic carbocycles. The van der Waals surface area contributed by atoms with Gasteiger partial charge in [-0.2, -0.15) is 4.98 Å². The molecule has 0 amide bonds. The average molecular weight is 289 g/mol. The van der Waals surface area contributed by atoms with E-state index in [-0.39, 0.29) is 6.54 Å². The lowest BCUT2D eigenvalue weighted by molar-refractivity contribution is 0.423. The maximum Gasteiger partial charge on any atom is 0.259 e. The highest BCUT2D eigenvalue weighted by Gasteiger charge is 2.11. The number of benzene rings is 1. The molecule has 0 aliphatic heterocycles. The monoisotopic (exact) mass is 287 g/mol. The molecule has 15 heavy (non-hydrogen) atoms. The molecule has 2 aromatic rings. The van der Waals surface area contributed by atoms with Gasteiger partial charge >= 0.3 is 0 Å². The number of halogens is 2. The van der Waals surface area contributed by atoms with Crippen molar-refractivity contribution in [1.82, 2.24) is 10.1 Å². The minimum atomic E-state index is 0.245. The van der Waals surface area contributed by atoms with Crippen LogP contribution in [0.2, 0.25) is 5.02 Å². The Balaban J connectivity index is 2.48. The molecule has 2 N–H and O–H groups in total. The standard InChI is InChI=1S/C9H7BrClN3O/c10-5-1-2-7(11)6(3-5)9-13-8(4-12)14-15-9/h1-3H,4,12H2. The number of rotatable bonds is 2. The first-order valence-electron chi connectivity index (χ1n) is 4.19. The molecule has 0 unspecified atom stereocenters. The fourth-order valence-corrected chi connectivity index (χ4v) is 1.67. The lowest BCUT2D eigenvalue weighted by Gasteiger charge is -1.98. The Morgan fingerprint density at radius 3 is 2.93 bits per heavy atom. The average Bonchev–Trinajstić information content (AvgIpc) is 2.70. The Kier molecular flexibility index (Phi) is 3.04. The van der Waals surface area contributed by atoms with Crippen LogP contribution < -0.4 is 5.73 Å². The summed E-state index contributed by atoms with van der Waals surface area (Å²) < 4.78 is 5.93. The summed E-state index contributed by atoms with van der Waals surface area (Å²) in [6, 6.07) is 5.41. The van der Waals surface area contributed by atoms with E-state index >= 15 is 0 Å². The molecular weight excluding hydrogens is 281 g/mol. The van der Waals surface area contributed by atoms with Crippen molar-refractivity contribution in [3.8, 4) is 11.5 Å². The van der Waals surface area contributed by atoms with Crippen LogP contribution in [0.3, 0.4) is 0 Å². The van der Waals surface area contributed by atoms with E-state index < -0.39 is 0 Å². The largest absolute Gasteiger partial charge is 0.334 e. The molecule has 1 aromatic carbocycles. The molecule has 0 bridgehead atoms. The maximum absolute atomic E-state index is 6.00. The van der Waals surface area contributed by atoms with Gasteiger partial charge in [-0.15, -0.1) is 0 Å². The van der Waals surface area contributed by atoms with Gasteiger partial charge in [-0.1, -0.05) is 32.7 Å². The van der Waals surface area contributed by atoms with Crippen LogP contribution in [0.4, 0.5) is 0 Å². The number of nitrogens with two attached hydrogens (primary N) is 1. The molecular formula is C9H7BrClN3O. The van der Waals surface area contributed by atoms with Crippen molar-refractivity contribution in [3.63, 3.8) is 0 Å². The summed E-state index contributed by atoms with van der Waals surface area (Å²) in [6.07, 6.45) is 0. The van der Waals surface area contributed by atoms with Crippen LogP contribution in [0.1, 0.15) is 5.82 Å². The Morgan fingerprint density at radius 1 is 1.47 bits per heavy atom. The Hall–Kier alpha value is -0.910. The zero-order valence-corrected chi connectivity index (χ0v) is 9.92. The molecule has 78 valence electrons. The van der Waals surface area contributed by atoms with E-state index in [0.717, 1.165) is 4.47 Å². The van der Waals surface area contributed by atoms with E-state index in [1.165, 1.54) is 0 Å². The van der Waals surface area contributed by atoms with E-state index in [1.807, 2.05) is 12.1 Å². The minimum Gasteiger partial charge on any atom is -0.334 e. The number of nitrogens with zero attached hydrogens (tertiary/aromatic N) is 2. The molecule has 4 nitrogen and oxygen atoms in total. The molecule has 0 aliphatic rings. The SMILES string of the molecule is NCc1noc(-c2cc(Br)ccc2Cl)n1. The molecule has 6 heteroatoms. The fourth-order valence-electron chi connectivity index (χ4n) is 1.11. The Labute approximate surface area is 99.5 Å². The highest BCUT2D eigenvalue weighted by Crippen LogP contribution is 2.29. The molecule has 0 fully saturated rings. The third-order valence-corrected chi connectivity index (χ3v) is 2.63. The normalized spacial score (nSPS) is 10.6. The maximum atomic E-state index is 6.00. The van der Waals surface area contributed by atoms with Gasteiger partial charge in [0.2, 0.25) is 0 Å². The second-order valence-electron chi connectivity index (χ2n) is 2.84. The first kappa shape index (κ1) is 10.6. The van der Waals surface area contributed by atoms with Crippen LogP contribution in [0.15, 0.2) is 27.2 Å². The van der Waals surface area contributed by atoms with Gasteiger partial charge in [-0.3, -0.25) is 0 Å². The van der Waals surface area contributed by atoms with Crippen LogP contribution in [0, 0.1) is 0 Å². The van der Waals surface area contributed by atoms with Crippen molar-refractivity contribution in [2.45, 2.75) is 6.54 Å². The lowest BCUT2D eigenvalue weighted by atomic mass is 10.2. The minimum absolute atomic E-state index is 0.245. The number of aromatic nitrogens is 2. The zero-order valence-electron chi connectivity index (χ0n) is 7.58. The zero-order chi connectivity index (χ0) is 10.8. The Bertz CT molecular complexity index is 486. The van der Waals surface area contributed by atoms with Crippen molar-refractivity contribution in [2.75, 3.05) is 0 Å². The summed E-state index contributed by atoms with van der Waals surface area (Å²) in [5.41, 5.74) is 6.07. The number of hydrogen-bond acceptors (Lipinski definition) is 4. The smallest absolute Gasteiger partial charge is 0.259 e. The van der Waals surface area contributed by atoms with Crippen LogP contribution in [-0.2, 0) is 6.54 Å². The van der Waals surface area contributed by atoms with Gasteiger partial charge in [0, 0.05) is 4.47 Å². The second kappa shape index (κ2) is 4.30. The van der Waals surface area contributed by atoms with Crippen LogP contribution >= 0.6 is 27.5 Å². The van der Waals surface area contributed by atoms with E-state index in [4.69, 9.17) is 21.9 Å². The van der Waals surface area contributed by atoms with Gasteiger partial charge in [0.15, 0.2) is 5.82 Å². The van der Waals surface area contributed by atoms with Gasteiger partial charge in [-0.05, 0) is 18.2 Å². The van der Waals surface area contributed by atoms with Crippen molar-refractivity contribution in [2.24, 2.45) is 5.73 Å². The quantitative estimate of drug-likeness (QED) is 0.922. The second-order valence-corrected chi connectivity index (χ2v) is 4.17. The van der Waals surface area contributed by atoms with Gasteiger partial charge in [0.05, 0.1) is 17.1 Å². The molecule has 0 radical (unpaired) electrons. The third kappa shape index (κ3) is 2.19. The predicted octanol–water partition coefficient (Wildman–Crippen LogP) is 2.61. The van der Waals surface area contributed by atoms with Crippen LogP contribution in [0.5, 0.6) is 0 Å². The molecule has 0 atom stereocenters. The molecule has 1 aromatic heterocycles. The summed E-state index contributed by atoms with van der Waals surface area (Å²) in [7, 11) is 0. The van der Waals surface area contributed by atoms with Gasteiger partial charge in [0.1, 0.15) is 0 Å². The summed E-state index contributed by atoms with van der Waals surface area (Å²) in [4.78, 5) is 4.09. The van der Waals surface area contributed by atoms with Crippen molar-refractivity contribution in [1.29, 1.82) is 0 Å². The Morgan fingerprint density at radius 2 is 2.27 bits per heavy atom. The molecule has 1 heterocycles. The predicted molar refractivity (Wildman–Crippen MR) is 60.3 cm³/mol. The van der Waals surface area contributed by atoms with Crippen LogP contribution in [-0.4, -0.2) is 10.1 Å². The van der Waals surface area contributed by atoms with Gasteiger partial charge in [0.25, 0.3) is 5.89 Å². The van der Waals surface area contributed by atoms with Gasteiger partial charge in [-0.25, -0.2) is 0 Å². The summed E-state index contributed by atoms with van der Waals surface area (Å²) in [5.74, 6) is 0.836. The highest BCUT2D eigenvalue weighted by atomic mass is 79.9. The number of hydrogen-bond donors (Lipinski definition) is 1. The van der Waals surface area contributed by atoms with E-state index in [0.29, 0.717) is 22.3 Å². The fraction of sp³-hybridized carbons (Fsp3) is 0.111. The van der Waals surface area contributed by atoms with E-state index in [9.17, 15) is 0 Å². The molecule has 0 saturated carbocycles. The van der Waals surface area contributed by atoms with E-state index in [1.54, 1.807) is 6.07 Å². The third-order valence-electron chi connectivity index (χ3n) is 1.81. The molecule has 2 rings (SSSR count). The van der Waals surface area contributed by atoms with Crippen molar-refractivity contribution in [3.05, 3.63) is 33.5 Å². The van der Waals surface area contributed by atoms with Crippen molar-refractivity contribution >= 4 is 27.5 Å². The first-order valence-corrected chi connectivity index (χ1v) is 5.36. The summed E-state index contributed by atoms with van der Waals surface area (Å²) in [5, 5.41) is 4.26. The highest BCUT2D eigenvalue weighted by molar-refractivity contribution is 9.10. The van der Waals surface area contributed by atoms with E-state index in [2.05, 4.69) is 26.1 Å². The molecule has 0 spiro atoms. The topological polar surface area (TPSA) is 64.9 Å². The molecule has 0 saturated heterocycles. The van der Waals surface area contributed by atoms with Crippen LogP contribution in [0.25, 0.3) is 11.5 Å². The summed E-state index contributed by atoms with van der Waals surface area (Å²) >= 11 is 9.35. The van der Waals surface area contributed by atoms with Crippen molar-refractivity contribution < 1.29 is 4.52 Å². The lowest BCUT2D eigenvalue weighted by Crippen LogP contribution is -1.97. The first-order chi connectivity index (χ1) is 7.20. The summed E-state index contributed by atoms with van der Waals surface area (Å²) in [6.45, 7) is 0.245. The van der Waals surface area contributed by atoms with Gasteiger partial charge < -0.3 is 10.3 Å².